The third-order valence-electron chi connectivity index (χ3n) is 5.08. The smallest absolute Gasteiger partial charge is 0.409 e. The van der Waals surface area contributed by atoms with Crippen LogP contribution < -0.4 is 13.6 Å². The number of allylic oxidation sites excluding steroid dienone is 6. The standard InChI is InChI=1S/C30H33O3P/c1-4-7-10-25-13-19-28(20-14-25)31-34(32-29-21-15-26(16-22-29)11-8-5-2)33-30-23-17-27(18-24-30)12-9-6-3/h4-9,13-24H,10-12H2,1-3H3. The fraction of sp³-hybridized carbons (Fsp3) is 0.200. The van der Waals surface area contributed by atoms with Gasteiger partial charge in [0, 0.05) is 0 Å². The summed E-state index contributed by atoms with van der Waals surface area (Å²) in [5.41, 5.74) is 3.68. The molecule has 0 heterocycles. The Morgan fingerprint density at radius 2 is 0.735 bits per heavy atom. The van der Waals surface area contributed by atoms with Gasteiger partial charge in [0.2, 0.25) is 0 Å². The molecule has 0 atom stereocenters. The van der Waals surface area contributed by atoms with Gasteiger partial charge < -0.3 is 13.6 Å². The summed E-state index contributed by atoms with van der Waals surface area (Å²) < 4.78 is 18.5. The molecule has 0 fully saturated rings. The van der Waals surface area contributed by atoms with Crippen LogP contribution in [0.3, 0.4) is 0 Å². The predicted molar refractivity (Wildman–Crippen MR) is 144 cm³/mol. The predicted octanol–water partition coefficient (Wildman–Crippen LogP) is 8.81. The van der Waals surface area contributed by atoms with Gasteiger partial charge in [-0.05, 0) is 93.1 Å². The van der Waals surface area contributed by atoms with E-state index in [0.717, 1.165) is 19.3 Å². The molecule has 0 bridgehead atoms. The summed E-state index contributed by atoms with van der Waals surface area (Å²) in [6.45, 7) is 6.08. The molecule has 3 rings (SSSR count). The van der Waals surface area contributed by atoms with Crippen LogP contribution in [0.15, 0.2) is 109 Å². The van der Waals surface area contributed by atoms with Crippen molar-refractivity contribution in [3.8, 4) is 17.2 Å². The average molecular weight is 473 g/mol. The van der Waals surface area contributed by atoms with Crippen molar-refractivity contribution in [2.75, 3.05) is 0 Å². The minimum atomic E-state index is -1.69. The van der Waals surface area contributed by atoms with Crippen molar-refractivity contribution in [2.45, 2.75) is 40.0 Å². The van der Waals surface area contributed by atoms with E-state index >= 15 is 0 Å². The monoisotopic (exact) mass is 472 g/mol. The van der Waals surface area contributed by atoms with Crippen molar-refractivity contribution in [1.82, 2.24) is 0 Å². The van der Waals surface area contributed by atoms with E-state index in [4.69, 9.17) is 13.6 Å². The molecule has 0 aliphatic heterocycles. The van der Waals surface area contributed by atoms with Crippen molar-refractivity contribution < 1.29 is 13.6 Å². The summed E-state index contributed by atoms with van der Waals surface area (Å²) in [4.78, 5) is 0. The van der Waals surface area contributed by atoms with E-state index in [1.54, 1.807) is 0 Å². The van der Waals surface area contributed by atoms with Crippen LogP contribution in [0.5, 0.6) is 17.2 Å². The second-order valence-corrected chi connectivity index (χ2v) is 8.74. The van der Waals surface area contributed by atoms with E-state index in [9.17, 15) is 0 Å². The number of benzene rings is 3. The maximum Gasteiger partial charge on any atom is 0.530 e. The fourth-order valence-electron chi connectivity index (χ4n) is 3.14. The van der Waals surface area contributed by atoms with Gasteiger partial charge in [0.1, 0.15) is 17.2 Å². The highest BCUT2D eigenvalue weighted by Gasteiger charge is 2.20. The topological polar surface area (TPSA) is 27.7 Å². The Morgan fingerprint density at radius 1 is 0.471 bits per heavy atom. The minimum absolute atomic E-state index is 0.713. The van der Waals surface area contributed by atoms with E-state index in [-0.39, 0.29) is 0 Å². The average Bonchev–Trinajstić information content (AvgIpc) is 2.87. The lowest BCUT2D eigenvalue weighted by molar-refractivity contribution is 0.388. The highest BCUT2D eigenvalue weighted by atomic mass is 31.2. The van der Waals surface area contributed by atoms with Crippen LogP contribution in [0.4, 0.5) is 0 Å². The van der Waals surface area contributed by atoms with Crippen LogP contribution in [0.2, 0.25) is 0 Å². The first-order chi connectivity index (χ1) is 16.7. The third kappa shape index (κ3) is 8.57. The van der Waals surface area contributed by atoms with Crippen LogP contribution in [-0.2, 0) is 19.3 Å². The Morgan fingerprint density at radius 3 is 0.971 bits per heavy atom. The molecular formula is C30H33O3P. The summed E-state index contributed by atoms with van der Waals surface area (Å²) in [7, 11) is -1.69. The Hall–Kier alpha value is -3.29. The molecule has 0 saturated heterocycles. The second-order valence-electron chi connectivity index (χ2n) is 7.75. The van der Waals surface area contributed by atoms with Crippen LogP contribution >= 0.6 is 8.60 Å². The quantitative estimate of drug-likeness (QED) is 0.195. The van der Waals surface area contributed by atoms with Crippen LogP contribution in [0.1, 0.15) is 37.5 Å². The Bertz CT molecular complexity index is 924. The SMILES string of the molecule is CC=CCc1ccc(OP(Oc2ccc(CC=CC)cc2)Oc2ccc(CC=CC)cc2)cc1. The zero-order chi connectivity index (χ0) is 24.0. The lowest BCUT2D eigenvalue weighted by Gasteiger charge is -2.18. The first-order valence-corrected chi connectivity index (χ1v) is 12.7. The van der Waals surface area contributed by atoms with Crippen LogP contribution in [-0.4, -0.2) is 0 Å². The highest BCUT2D eigenvalue weighted by Crippen LogP contribution is 2.42. The zero-order valence-electron chi connectivity index (χ0n) is 20.2. The molecule has 0 spiro atoms. The van der Waals surface area contributed by atoms with Crippen LogP contribution in [0.25, 0.3) is 0 Å². The molecule has 3 nitrogen and oxygen atoms in total. The van der Waals surface area contributed by atoms with Crippen molar-refractivity contribution in [1.29, 1.82) is 0 Å². The molecule has 0 aliphatic rings. The Labute approximate surface area is 205 Å². The molecule has 0 aliphatic carbocycles. The highest BCUT2D eigenvalue weighted by molar-refractivity contribution is 7.43. The lowest BCUT2D eigenvalue weighted by atomic mass is 10.1. The van der Waals surface area contributed by atoms with Crippen LogP contribution in [0, 0.1) is 0 Å². The van der Waals surface area contributed by atoms with E-state index in [1.165, 1.54) is 16.7 Å². The van der Waals surface area contributed by atoms with Crippen molar-refractivity contribution in [3.05, 3.63) is 126 Å². The molecular weight excluding hydrogens is 439 g/mol. The fourth-order valence-corrected chi connectivity index (χ4v) is 4.13. The molecule has 0 N–H and O–H groups in total. The first kappa shape index (κ1) is 25.3. The maximum absolute atomic E-state index is 6.15. The number of rotatable bonds is 12. The maximum atomic E-state index is 6.15. The summed E-state index contributed by atoms with van der Waals surface area (Å²) in [6, 6.07) is 24.1. The molecule has 0 unspecified atom stereocenters. The van der Waals surface area contributed by atoms with E-state index < -0.39 is 8.60 Å². The van der Waals surface area contributed by atoms with Gasteiger partial charge in [0.15, 0.2) is 0 Å². The van der Waals surface area contributed by atoms with Gasteiger partial charge >= 0.3 is 8.60 Å². The molecule has 0 saturated carbocycles. The van der Waals surface area contributed by atoms with Gasteiger partial charge in [-0.25, -0.2) is 0 Å². The molecule has 0 radical (unpaired) electrons. The summed E-state index contributed by atoms with van der Waals surface area (Å²) in [5.74, 6) is 2.14. The molecule has 0 amide bonds. The number of hydrogen-bond acceptors (Lipinski definition) is 3. The first-order valence-electron chi connectivity index (χ1n) is 11.6. The summed E-state index contributed by atoms with van der Waals surface area (Å²) >= 11 is 0. The molecule has 0 aromatic heterocycles. The van der Waals surface area contributed by atoms with Gasteiger partial charge in [-0.3, -0.25) is 0 Å². The molecule has 34 heavy (non-hydrogen) atoms. The third-order valence-corrected chi connectivity index (χ3v) is 6.16. The molecule has 4 heteroatoms. The summed E-state index contributed by atoms with van der Waals surface area (Å²) in [6.07, 6.45) is 15.3. The van der Waals surface area contributed by atoms with Crippen molar-refractivity contribution >= 4 is 8.60 Å². The van der Waals surface area contributed by atoms with E-state index in [1.807, 2.05) is 57.2 Å². The molecule has 3 aromatic rings. The normalized spacial score (nSPS) is 12.4. The Kier molecular flexibility index (Phi) is 10.5. The van der Waals surface area contributed by atoms with Gasteiger partial charge in [-0.15, -0.1) is 0 Å². The summed E-state index contributed by atoms with van der Waals surface area (Å²) in [5, 5.41) is 0. The lowest BCUT2D eigenvalue weighted by Crippen LogP contribution is -2.02. The largest absolute Gasteiger partial charge is 0.530 e. The van der Waals surface area contributed by atoms with Gasteiger partial charge in [0.05, 0.1) is 0 Å². The van der Waals surface area contributed by atoms with Gasteiger partial charge in [-0.1, -0.05) is 72.9 Å². The number of hydrogen-bond donors (Lipinski definition) is 0. The minimum Gasteiger partial charge on any atom is -0.409 e. The zero-order valence-corrected chi connectivity index (χ0v) is 21.1. The second kappa shape index (κ2) is 14.1. The Balaban J connectivity index is 1.73. The molecule has 176 valence electrons. The van der Waals surface area contributed by atoms with Gasteiger partial charge in [-0.2, -0.15) is 0 Å². The van der Waals surface area contributed by atoms with E-state index in [2.05, 4.69) is 72.9 Å². The van der Waals surface area contributed by atoms with Crippen molar-refractivity contribution in [3.63, 3.8) is 0 Å². The van der Waals surface area contributed by atoms with Gasteiger partial charge in [0.25, 0.3) is 0 Å². The van der Waals surface area contributed by atoms with E-state index in [0.29, 0.717) is 17.2 Å². The molecule has 3 aromatic carbocycles. The van der Waals surface area contributed by atoms with Crippen molar-refractivity contribution in [2.24, 2.45) is 0 Å².